The van der Waals surface area contributed by atoms with Crippen molar-refractivity contribution in [2.24, 2.45) is 0 Å². The van der Waals surface area contributed by atoms with E-state index in [1.165, 1.54) is 5.56 Å². The Bertz CT molecular complexity index is 1160. The first kappa shape index (κ1) is 16.7. The van der Waals surface area contributed by atoms with Gasteiger partial charge < -0.3 is 4.90 Å². The van der Waals surface area contributed by atoms with Crippen molar-refractivity contribution in [3.05, 3.63) is 76.0 Å². The van der Waals surface area contributed by atoms with Crippen molar-refractivity contribution in [1.82, 2.24) is 15.0 Å². The predicted molar refractivity (Wildman–Crippen MR) is 113 cm³/mol. The Morgan fingerprint density at radius 3 is 2.81 bits per heavy atom. The monoisotopic (exact) mass is 436 g/mol. The normalized spacial score (nSPS) is 13.2. The van der Waals surface area contributed by atoms with Crippen LogP contribution < -0.4 is 4.90 Å². The van der Waals surface area contributed by atoms with Crippen LogP contribution in [0.5, 0.6) is 0 Å². The van der Waals surface area contributed by atoms with Gasteiger partial charge in [0.05, 0.1) is 5.52 Å². The van der Waals surface area contributed by atoms with Gasteiger partial charge in [0, 0.05) is 45.1 Å². The molecule has 0 N–H and O–H groups in total. The van der Waals surface area contributed by atoms with Gasteiger partial charge in [-0.2, -0.15) is 0 Å². The zero-order chi connectivity index (χ0) is 18.4. The van der Waals surface area contributed by atoms with Crippen molar-refractivity contribution in [2.45, 2.75) is 6.42 Å². The molecule has 0 unspecified atom stereocenters. The number of aromatic nitrogens is 3. The van der Waals surface area contributed by atoms with Crippen LogP contribution in [-0.4, -0.2) is 21.5 Å². The van der Waals surface area contributed by atoms with Gasteiger partial charge >= 0.3 is 0 Å². The molecule has 0 fully saturated rings. The maximum Gasteiger partial charge on any atom is 0.163 e. The van der Waals surface area contributed by atoms with E-state index in [-0.39, 0.29) is 0 Å². The van der Waals surface area contributed by atoms with Crippen LogP contribution in [0.25, 0.3) is 22.3 Å². The first-order valence-corrected chi connectivity index (χ1v) is 9.80. The van der Waals surface area contributed by atoms with E-state index in [0.717, 1.165) is 50.4 Å². The third-order valence-electron chi connectivity index (χ3n) is 4.75. The SMILES string of the molecule is Clc1ccc2c(c1)CCN2c1nc(-c2cccnc2)nc2ccc(Br)cc12. The summed E-state index contributed by atoms with van der Waals surface area (Å²) < 4.78 is 1.00. The summed E-state index contributed by atoms with van der Waals surface area (Å²) >= 11 is 9.76. The molecule has 5 rings (SSSR count). The molecule has 6 heteroatoms. The number of pyridine rings is 1. The summed E-state index contributed by atoms with van der Waals surface area (Å²) in [6.45, 7) is 0.862. The van der Waals surface area contributed by atoms with Gasteiger partial charge in [0.1, 0.15) is 5.82 Å². The molecule has 0 radical (unpaired) electrons. The Kier molecular flexibility index (Phi) is 4.06. The molecule has 0 saturated carbocycles. The smallest absolute Gasteiger partial charge is 0.163 e. The topological polar surface area (TPSA) is 41.9 Å². The molecule has 27 heavy (non-hydrogen) atoms. The zero-order valence-electron chi connectivity index (χ0n) is 14.2. The molecule has 4 aromatic rings. The molecule has 2 aromatic heterocycles. The molecule has 3 heterocycles. The number of nitrogens with zero attached hydrogens (tertiary/aromatic N) is 4. The standard InChI is InChI=1S/C21H14BrClN4/c22-15-3-5-18-17(11-15)21(26-20(25-18)14-2-1-8-24-12-14)27-9-7-13-10-16(23)4-6-19(13)27/h1-6,8,10-12H,7,9H2. The molecular formula is C21H14BrClN4. The Morgan fingerprint density at radius 2 is 1.96 bits per heavy atom. The minimum absolute atomic E-state index is 0.676. The minimum atomic E-state index is 0.676. The van der Waals surface area contributed by atoms with E-state index >= 15 is 0 Å². The summed E-state index contributed by atoms with van der Waals surface area (Å²) in [5.74, 6) is 1.58. The summed E-state index contributed by atoms with van der Waals surface area (Å²) in [5.41, 5.74) is 4.20. The lowest BCUT2D eigenvalue weighted by molar-refractivity contribution is 0.976. The summed E-state index contributed by atoms with van der Waals surface area (Å²) in [6.07, 6.45) is 4.49. The Balaban J connectivity index is 1.75. The van der Waals surface area contributed by atoms with Gasteiger partial charge in [-0.3, -0.25) is 4.98 Å². The second-order valence-corrected chi connectivity index (χ2v) is 7.80. The van der Waals surface area contributed by atoms with Crippen LogP contribution >= 0.6 is 27.5 Å². The van der Waals surface area contributed by atoms with E-state index in [0.29, 0.717) is 5.82 Å². The van der Waals surface area contributed by atoms with Gasteiger partial charge in [-0.15, -0.1) is 0 Å². The maximum atomic E-state index is 6.18. The van der Waals surface area contributed by atoms with Crippen LogP contribution in [0.15, 0.2) is 65.4 Å². The van der Waals surface area contributed by atoms with E-state index < -0.39 is 0 Å². The van der Waals surface area contributed by atoms with Gasteiger partial charge in [-0.1, -0.05) is 27.5 Å². The quantitative estimate of drug-likeness (QED) is 0.397. The van der Waals surface area contributed by atoms with Crippen LogP contribution in [-0.2, 0) is 6.42 Å². The average Bonchev–Trinajstić information content (AvgIpc) is 3.10. The van der Waals surface area contributed by atoms with Crippen molar-refractivity contribution in [2.75, 3.05) is 11.4 Å². The number of hydrogen-bond donors (Lipinski definition) is 0. The van der Waals surface area contributed by atoms with Crippen molar-refractivity contribution >= 4 is 49.9 Å². The molecule has 0 aliphatic carbocycles. The van der Waals surface area contributed by atoms with E-state index in [4.69, 9.17) is 21.6 Å². The first-order chi connectivity index (χ1) is 13.2. The highest BCUT2D eigenvalue weighted by molar-refractivity contribution is 9.10. The number of hydrogen-bond acceptors (Lipinski definition) is 4. The Hall–Kier alpha value is -2.50. The number of anilines is 2. The summed E-state index contributed by atoms with van der Waals surface area (Å²) in [4.78, 5) is 16.2. The molecule has 0 amide bonds. The van der Waals surface area contributed by atoms with Gasteiger partial charge in [-0.05, 0) is 60.5 Å². The molecule has 0 spiro atoms. The number of benzene rings is 2. The molecule has 1 aliphatic heterocycles. The highest BCUT2D eigenvalue weighted by Gasteiger charge is 2.24. The predicted octanol–water partition coefficient (Wildman–Crippen LogP) is 5.80. The van der Waals surface area contributed by atoms with Gasteiger partial charge in [0.25, 0.3) is 0 Å². The van der Waals surface area contributed by atoms with E-state index in [1.807, 2.05) is 36.4 Å². The highest BCUT2D eigenvalue weighted by Crippen LogP contribution is 2.39. The van der Waals surface area contributed by atoms with Gasteiger partial charge in [0.15, 0.2) is 5.82 Å². The van der Waals surface area contributed by atoms with E-state index in [9.17, 15) is 0 Å². The van der Waals surface area contributed by atoms with Crippen molar-refractivity contribution < 1.29 is 0 Å². The number of fused-ring (bicyclic) bond motifs is 2. The fourth-order valence-corrected chi connectivity index (χ4v) is 4.06. The van der Waals surface area contributed by atoms with Crippen LogP contribution in [0.4, 0.5) is 11.5 Å². The fraction of sp³-hybridized carbons (Fsp3) is 0.0952. The van der Waals surface area contributed by atoms with E-state index in [2.05, 4.69) is 37.9 Å². The maximum absolute atomic E-state index is 6.18. The van der Waals surface area contributed by atoms with Crippen molar-refractivity contribution in [1.29, 1.82) is 0 Å². The molecule has 2 aromatic carbocycles. The number of rotatable bonds is 2. The van der Waals surface area contributed by atoms with Crippen molar-refractivity contribution in [3.8, 4) is 11.4 Å². The van der Waals surface area contributed by atoms with Gasteiger partial charge in [-0.25, -0.2) is 9.97 Å². The minimum Gasteiger partial charge on any atom is -0.325 e. The third-order valence-corrected chi connectivity index (χ3v) is 5.48. The Labute approximate surface area is 170 Å². The van der Waals surface area contributed by atoms with Gasteiger partial charge in [0.2, 0.25) is 0 Å². The average molecular weight is 438 g/mol. The molecule has 1 aliphatic rings. The summed E-state index contributed by atoms with van der Waals surface area (Å²) in [7, 11) is 0. The molecule has 0 bridgehead atoms. The van der Waals surface area contributed by atoms with Crippen LogP contribution in [0.1, 0.15) is 5.56 Å². The van der Waals surface area contributed by atoms with Crippen LogP contribution in [0.3, 0.4) is 0 Å². The first-order valence-electron chi connectivity index (χ1n) is 8.63. The fourth-order valence-electron chi connectivity index (χ4n) is 3.50. The largest absolute Gasteiger partial charge is 0.325 e. The summed E-state index contributed by atoms with van der Waals surface area (Å²) in [6, 6.07) is 16.0. The highest BCUT2D eigenvalue weighted by atomic mass is 79.9. The second-order valence-electron chi connectivity index (χ2n) is 6.45. The Morgan fingerprint density at radius 1 is 1.04 bits per heavy atom. The molecular weight excluding hydrogens is 424 g/mol. The molecule has 4 nitrogen and oxygen atoms in total. The lowest BCUT2D eigenvalue weighted by Crippen LogP contribution is -2.16. The molecule has 132 valence electrons. The lowest BCUT2D eigenvalue weighted by Gasteiger charge is -2.21. The molecule has 0 atom stereocenters. The zero-order valence-corrected chi connectivity index (χ0v) is 16.6. The lowest BCUT2D eigenvalue weighted by atomic mass is 10.1. The van der Waals surface area contributed by atoms with E-state index in [1.54, 1.807) is 12.4 Å². The summed E-state index contributed by atoms with van der Waals surface area (Å²) in [5, 5.41) is 1.78. The van der Waals surface area contributed by atoms with Crippen molar-refractivity contribution in [3.63, 3.8) is 0 Å². The van der Waals surface area contributed by atoms with Crippen LogP contribution in [0.2, 0.25) is 5.02 Å². The third kappa shape index (κ3) is 2.97. The molecule has 0 saturated heterocycles. The number of halogens is 2. The second kappa shape index (κ2) is 6.59. The van der Waals surface area contributed by atoms with Crippen LogP contribution in [0, 0.1) is 0 Å².